The molecule has 0 aromatic heterocycles. The predicted molar refractivity (Wildman–Crippen MR) is 80.7 cm³/mol. The first-order valence-corrected chi connectivity index (χ1v) is 7.14. The van der Waals surface area contributed by atoms with Crippen LogP contribution in [0.25, 0.3) is 0 Å². The van der Waals surface area contributed by atoms with Gasteiger partial charge in [-0.15, -0.1) is 23.2 Å². The monoisotopic (exact) mass is 315 g/mol. The molecular formula is C13H15Cl2N3O2. The summed E-state index contributed by atoms with van der Waals surface area (Å²) in [6.45, 7) is 0.486. The van der Waals surface area contributed by atoms with Gasteiger partial charge >= 0.3 is 6.03 Å². The normalized spacial score (nSPS) is 21.9. The number of anilines is 2. The lowest BCUT2D eigenvalue weighted by molar-refractivity contribution is -0.117. The highest BCUT2D eigenvalue weighted by Crippen LogP contribution is 2.30. The second-order valence-electron chi connectivity index (χ2n) is 4.52. The molecule has 0 aliphatic carbocycles. The molecule has 1 aromatic rings. The average molecular weight is 316 g/mol. The zero-order chi connectivity index (χ0) is 14.7. The van der Waals surface area contributed by atoms with E-state index in [0.717, 1.165) is 0 Å². The highest BCUT2D eigenvalue weighted by molar-refractivity contribution is 6.34. The fourth-order valence-corrected chi connectivity index (χ4v) is 2.73. The average Bonchev–Trinajstić information content (AvgIpc) is 2.75. The van der Waals surface area contributed by atoms with Gasteiger partial charge in [-0.05, 0) is 18.2 Å². The standard InChI is InChI=1S/C13H15Cl2N3O2/c1-16-13(20)17-9-3-2-4-10(5-9)18-7-8(6-14)11(15)12(18)19/h2-5,8,11H,6-7H2,1H3,(H2,16,17,20). The molecule has 1 aliphatic rings. The van der Waals surface area contributed by atoms with Crippen molar-refractivity contribution in [3.63, 3.8) is 0 Å². The molecule has 1 aliphatic heterocycles. The molecule has 2 unspecified atom stereocenters. The molecule has 1 saturated heterocycles. The lowest BCUT2D eigenvalue weighted by atomic mass is 10.1. The van der Waals surface area contributed by atoms with Crippen LogP contribution in [0.4, 0.5) is 16.2 Å². The largest absolute Gasteiger partial charge is 0.341 e. The zero-order valence-corrected chi connectivity index (χ0v) is 12.4. The minimum atomic E-state index is -0.594. The number of alkyl halides is 2. The predicted octanol–water partition coefficient (Wildman–Crippen LogP) is 2.25. The van der Waals surface area contributed by atoms with Crippen molar-refractivity contribution >= 4 is 46.5 Å². The van der Waals surface area contributed by atoms with Crippen molar-refractivity contribution in [3.05, 3.63) is 24.3 Å². The second kappa shape index (κ2) is 6.33. The summed E-state index contributed by atoms with van der Waals surface area (Å²) < 4.78 is 0. The third-order valence-corrected chi connectivity index (χ3v) is 4.11. The maximum Gasteiger partial charge on any atom is 0.318 e. The lowest BCUT2D eigenvalue weighted by Gasteiger charge is -2.17. The summed E-state index contributed by atoms with van der Waals surface area (Å²) in [6, 6.07) is 6.73. The first kappa shape index (κ1) is 14.9. The molecule has 7 heteroatoms. The van der Waals surface area contributed by atoms with Gasteiger partial charge in [-0.3, -0.25) is 4.79 Å². The van der Waals surface area contributed by atoms with Crippen molar-refractivity contribution < 1.29 is 9.59 Å². The number of carbonyl (C=O) groups is 2. The van der Waals surface area contributed by atoms with Crippen molar-refractivity contribution in [2.24, 2.45) is 5.92 Å². The SMILES string of the molecule is CNC(=O)Nc1cccc(N2CC(CCl)C(Cl)C2=O)c1. The van der Waals surface area contributed by atoms with E-state index < -0.39 is 5.38 Å². The Morgan fingerprint density at radius 3 is 2.85 bits per heavy atom. The molecule has 1 fully saturated rings. The number of rotatable bonds is 3. The Morgan fingerprint density at radius 1 is 1.50 bits per heavy atom. The maximum absolute atomic E-state index is 12.1. The van der Waals surface area contributed by atoms with Gasteiger partial charge in [-0.25, -0.2) is 4.79 Å². The molecule has 3 amide bonds. The fourth-order valence-electron chi connectivity index (χ4n) is 2.07. The summed E-state index contributed by atoms with van der Waals surface area (Å²) in [5.74, 6) is 0.114. The number of hydrogen-bond donors (Lipinski definition) is 2. The van der Waals surface area contributed by atoms with Gasteiger partial charge in [-0.1, -0.05) is 6.07 Å². The van der Waals surface area contributed by atoms with Gasteiger partial charge in [0.2, 0.25) is 5.91 Å². The van der Waals surface area contributed by atoms with Gasteiger partial charge < -0.3 is 15.5 Å². The van der Waals surface area contributed by atoms with Crippen LogP contribution >= 0.6 is 23.2 Å². The number of nitrogens with one attached hydrogen (secondary N) is 2. The van der Waals surface area contributed by atoms with Crippen LogP contribution < -0.4 is 15.5 Å². The molecule has 0 saturated carbocycles. The molecule has 1 aromatic carbocycles. The summed E-state index contributed by atoms with van der Waals surface area (Å²) in [5, 5.41) is 4.53. The molecule has 5 nitrogen and oxygen atoms in total. The molecule has 0 spiro atoms. The first-order chi connectivity index (χ1) is 9.56. The molecule has 2 N–H and O–H groups in total. The minimum absolute atomic E-state index is 0.0682. The van der Waals surface area contributed by atoms with E-state index in [0.29, 0.717) is 23.8 Å². The molecule has 108 valence electrons. The highest BCUT2D eigenvalue weighted by atomic mass is 35.5. The molecule has 2 rings (SSSR count). The summed E-state index contributed by atoms with van der Waals surface area (Å²) in [4.78, 5) is 25.0. The topological polar surface area (TPSA) is 61.4 Å². The first-order valence-electron chi connectivity index (χ1n) is 6.17. The second-order valence-corrected chi connectivity index (χ2v) is 5.30. The maximum atomic E-state index is 12.1. The molecule has 2 atom stereocenters. The van der Waals surface area contributed by atoms with E-state index in [1.165, 1.54) is 7.05 Å². The zero-order valence-electron chi connectivity index (χ0n) is 10.9. The van der Waals surface area contributed by atoms with E-state index in [4.69, 9.17) is 23.2 Å². The van der Waals surface area contributed by atoms with E-state index in [2.05, 4.69) is 10.6 Å². The molecule has 0 bridgehead atoms. The van der Waals surface area contributed by atoms with E-state index in [9.17, 15) is 9.59 Å². The minimum Gasteiger partial charge on any atom is -0.341 e. The quantitative estimate of drug-likeness (QED) is 0.840. The van der Waals surface area contributed by atoms with Crippen LogP contribution in [-0.2, 0) is 4.79 Å². The van der Waals surface area contributed by atoms with Crippen molar-refractivity contribution in [1.29, 1.82) is 0 Å². The Labute approximate surface area is 127 Å². The van der Waals surface area contributed by atoms with Crippen LogP contribution in [-0.4, -0.2) is 36.8 Å². The van der Waals surface area contributed by atoms with Crippen LogP contribution in [0.3, 0.4) is 0 Å². The van der Waals surface area contributed by atoms with E-state index in [1.807, 2.05) is 0 Å². The molecule has 0 radical (unpaired) electrons. The Bertz CT molecular complexity index is 524. The van der Waals surface area contributed by atoms with Gasteiger partial charge in [0, 0.05) is 36.8 Å². The fraction of sp³-hybridized carbons (Fsp3) is 0.385. The van der Waals surface area contributed by atoms with Crippen molar-refractivity contribution in [1.82, 2.24) is 5.32 Å². The van der Waals surface area contributed by atoms with Gasteiger partial charge in [0.15, 0.2) is 0 Å². The lowest BCUT2D eigenvalue weighted by Crippen LogP contribution is -2.28. The van der Waals surface area contributed by atoms with Crippen LogP contribution in [0.5, 0.6) is 0 Å². The summed E-state index contributed by atoms with van der Waals surface area (Å²) in [6.07, 6.45) is 0. The van der Waals surface area contributed by atoms with Crippen molar-refractivity contribution in [2.75, 3.05) is 29.7 Å². The number of halogens is 2. The molecular weight excluding hydrogens is 301 g/mol. The summed E-state index contributed by atoms with van der Waals surface area (Å²) in [5.41, 5.74) is 1.30. The van der Waals surface area contributed by atoms with Gasteiger partial charge in [0.05, 0.1) is 0 Å². The molecule has 1 heterocycles. The van der Waals surface area contributed by atoms with E-state index >= 15 is 0 Å². The summed E-state index contributed by atoms with van der Waals surface area (Å²) >= 11 is 11.9. The van der Waals surface area contributed by atoms with Crippen LogP contribution in [0.2, 0.25) is 0 Å². The van der Waals surface area contributed by atoms with E-state index in [-0.39, 0.29) is 17.9 Å². The number of benzene rings is 1. The Morgan fingerprint density at radius 2 is 2.25 bits per heavy atom. The number of amides is 3. The Hall–Kier alpha value is -1.46. The number of urea groups is 1. The van der Waals surface area contributed by atoms with Crippen molar-refractivity contribution in [2.45, 2.75) is 5.38 Å². The number of nitrogens with zero attached hydrogens (tertiary/aromatic N) is 1. The number of carbonyl (C=O) groups excluding carboxylic acids is 2. The van der Waals surface area contributed by atoms with Crippen molar-refractivity contribution in [3.8, 4) is 0 Å². The van der Waals surface area contributed by atoms with E-state index in [1.54, 1.807) is 29.2 Å². The summed E-state index contributed by atoms with van der Waals surface area (Å²) in [7, 11) is 1.53. The molecule has 20 heavy (non-hydrogen) atoms. The number of hydrogen-bond acceptors (Lipinski definition) is 2. The Balaban J connectivity index is 2.19. The van der Waals surface area contributed by atoms with Gasteiger partial charge in [-0.2, -0.15) is 0 Å². The smallest absolute Gasteiger partial charge is 0.318 e. The third-order valence-electron chi connectivity index (χ3n) is 3.17. The van der Waals surface area contributed by atoms with Crippen LogP contribution in [0.1, 0.15) is 0 Å². The highest BCUT2D eigenvalue weighted by Gasteiger charge is 2.39. The van der Waals surface area contributed by atoms with Gasteiger partial charge in [0.1, 0.15) is 5.38 Å². The van der Waals surface area contributed by atoms with Crippen LogP contribution in [0, 0.1) is 5.92 Å². The van der Waals surface area contributed by atoms with Crippen LogP contribution in [0.15, 0.2) is 24.3 Å². The van der Waals surface area contributed by atoms with Gasteiger partial charge in [0.25, 0.3) is 0 Å². The Kier molecular flexibility index (Phi) is 4.73. The third kappa shape index (κ3) is 2.99.